The molecular formula is C14H18N2OS. The Morgan fingerprint density at radius 1 is 1.22 bits per heavy atom. The summed E-state index contributed by atoms with van der Waals surface area (Å²) in [6.07, 6.45) is 2.03. The van der Waals surface area contributed by atoms with E-state index in [0.717, 1.165) is 35.8 Å². The third kappa shape index (κ3) is 2.58. The predicted octanol–water partition coefficient (Wildman–Crippen LogP) is 3.31. The van der Waals surface area contributed by atoms with Crippen LogP contribution in [0.4, 0.5) is 0 Å². The zero-order valence-corrected chi connectivity index (χ0v) is 11.7. The summed E-state index contributed by atoms with van der Waals surface area (Å²) in [5.74, 6) is 0.995. The van der Waals surface area contributed by atoms with Crippen LogP contribution in [0, 0.1) is 0 Å². The molecule has 0 saturated heterocycles. The second-order valence-electron chi connectivity index (χ2n) is 4.22. The molecule has 0 fully saturated rings. The van der Waals surface area contributed by atoms with Crippen LogP contribution in [0.5, 0.6) is 0 Å². The van der Waals surface area contributed by atoms with Crippen LogP contribution < -0.4 is 5.56 Å². The minimum absolute atomic E-state index is 0.0843. The number of hydrogen-bond acceptors (Lipinski definition) is 3. The fraction of sp³-hybridized carbons (Fsp3) is 0.429. The van der Waals surface area contributed by atoms with Crippen molar-refractivity contribution in [2.24, 2.45) is 0 Å². The molecule has 96 valence electrons. The summed E-state index contributed by atoms with van der Waals surface area (Å²) >= 11 is 1.67. The minimum atomic E-state index is 0.0843. The van der Waals surface area contributed by atoms with Crippen molar-refractivity contribution in [2.75, 3.05) is 5.75 Å². The van der Waals surface area contributed by atoms with Gasteiger partial charge in [-0.15, -0.1) is 0 Å². The minimum Gasteiger partial charge on any atom is -0.287 e. The van der Waals surface area contributed by atoms with Crippen LogP contribution >= 0.6 is 11.8 Å². The van der Waals surface area contributed by atoms with E-state index in [0.29, 0.717) is 5.39 Å². The monoisotopic (exact) mass is 262 g/mol. The van der Waals surface area contributed by atoms with Crippen LogP contribution in [0.3, 0.4) is 0 Å². The number of hydrogen-bond donors (Lipinski definition) is 0. The molecule has 0 N–H and O–H groups in total. The Balaban J connectivity index is 2.59. The van der Waals surface area contributed by atoms with Crippen LogP contribution in [0.1, 0.15) is 26.7 Å². The highest BCUT2D eigenvalue weighted by Gasteiger charge is 2.09. The lowest BCUT2D eigenvalue weighted by Gasteiger charge is -2.11. The van der Waals surface area contributed by atoms with Gasteiger partial charge in [-0.2, -0.15) is 0 Å². The van der Waals surface area contributed by atoms with Gasteiger partial charge in [0, 0.05) is 12.3 Å². The summed E-state index contributed by atoms with van der Waals surface area (Å²) in [4.78, 5) is 17.0. The van der Waals surface area contributed by atoms with Gasteiger partial charge in [0.2, 0.25) is 0 Å². The Kier molecular flexibility index (Phi) is 4.42. The Labute approximate surface area is 111 Å². The van der Waals surface area contributed by atoms with Gasteiger partial charge in [0.1, 0.15) is 0 Å². The van der Waals surface area contributed by atoms with Crippen molar-refractivity contribution in [2.45, 2.75) is 38.4 Å². The molecule has 0 amide bonds. The van der Waals surface area contributed by atoms with E-state index in [1.54, 1.807) is 11.8 Å². The van der Waals surface area contributed by atoms with Crippen molar-refractivity contribution >= 4 is 22.7 Å². The first kappa shape index (κ1) is 13.1. The van der Waals surface area contributed by atoms with Crippen molar-refractivity contribution < 1.29 is 0 Å². The lowest BCUT2D eigenvalue weighted by molar-refractivity contribution is 0.584. The van der Waals surface area contributed by atoms with Gasteiger partial charge >= 0.3 is 0 Å². The summed E-state index contributed by atoms with van der Waals surface area (Å²) in [6.45, 7) is 4.95. The van der Waals surface area contributed by atoms with Crippen molar-refractivity contribution in [3.05, 3.63) is 34.6 Å². The summed E-state index contributed by atoms with van der Waals surface area (Å²) in [6, 6.07) is 7.57. The number of fused-ring (bicyclic) bond motifs is 1. The Morgan fingerprint density at radius 2 is 2.00 bits per heavy atom. The first-order valence-electron chi connectivity index (χ1n) is 6.40. The number of aromatic nitrogens is 2. The van der Waals surface area contributed by atoms with Crippen molar-refractivity contribution in [1.82, 2.24) is 9.55 Å². The van der Waals surface area contributed by atoms with E-state index in [9.17, 15) is 4.79 Å². The first-order valence-corrected chi connectivity index (χ1v) is 7.38. The van der Waals surface area contributed by atoms with Gasteiger partial charge in [-0.25, -0.2) is 4.98 Å². The lowest BCUT2D eigenvalue weighted by Crippen LogP contribution is -2.23. The highest BCUT2D eigenvalue weighted by atomic mass is 32.2. The van der Waals surface area contributed by atoms with Crippen molar-refractivity contribution in [3.8, 4) is 0 Å². The summed E-state index contributed by atoms with van der Waals surface area (Å²) < 4.78 is 1.81. The zero-order valence-electron chi connectivity index (χ0n) is 10.8. The zero-order chi connectivity index (χ0) is 13.0. The van der Waals surface area contributed by atoms with E-state index in [4.69, 9.17) is 0 Å². The molecule has 18 heavy (non-hydrogen) atoms. The van der Waals surface area contributed by atoms with Gasteiger partial charge in [-0.3, -0.25) is 9.36 Å². The van der Waals surface area contributed by atoms with Crippen LogP contribution in [0.25, 0.3) is 10.9 Å². The van der Waals surface area contributed by atoms with Crippen LogP contribution in [-0.2, 0) is 6.54 Å². The Bertz CT molecular complexity index is 592. The highest BCUT2D eigenvalue weighted by molar-refractivity contribution is 7.99. The van der Waals surface area contributed by atoms with Gasteiger partial charge in [-0.05, 0) is 25.0 Å². The molecule has 0 spiro atoms. The topological polar surface area (TPSA) is 34.9 Å². The molecule has 1 heterocycles. The largest absolute Gasteiger partial charge is 0.287 e. The molecule has 0 aliphatic heterocycles. The molecule has 1 aromatic carbocycles. The SMILES string of the molecule is CCCSc1nc2ccccc2c(=O)n1CCC. The third-order valence-electron chi connectivity index (χ3n) is 2.71. The quantitative estimate of drug-likeness (QED) is 0.612. The molecule has 3 nitrogen and oxygen atoms in total. The number of rotatable bonds is 5. The molecule has 0 bridgehead atoms. The molecule has 4 heteroatoms. The van der Waals surface area contributed by atoms with E-state index in [1.165, 1.54) is 0 Å². The molecule has 0 aliphatic carbocycles. The molecule has 0 saturated carbocycles. The van der Waals surface area contributed by atoms with Gasteiger partial charge < -0.3 is 0 Å². The van der Waals surface area contributed by atoms with Gasteiger partial charge in [0.15, 0.2) is 5.16 Å². The maximum atomic E-state index is 12.4. The third-order valence-corrected chi connectivity index (χ3v) is 3.89. The second kappa shape index (κ2) is 6.05. The molecule has 0 aliphatic rings. The van der Waals surface area contributed by atoms with Crippen LogP contribution in [0.2, 0.25) is 0 Å². The van der Waals surface area contributed by atoms with Crippen molar-refractivity contribution in [1.29, 1.82) is 0 Å². The van der Waals surface area contributed by atoms with Gasteiger partial charge in [0.25, 0.3) is 5.56 Å². The molecule has 1 aromatic heterocycles. The van der Waals surface area contributed by atoms with Crippen molar-refractivity contribution in [3.63, 3.8) is 0 Å². The highest BCUT2D eigenvalue weighted by Crippen LogP contribution is 2.18. The molecular weight excluding hydrogens is 244 g/mol. The standard InChI is InChI=1S/C14H18N2OS/c1-3-9-16-13(17)11-7-5-6-8-12(11)15-14(16)18-10-4-2/h5-8H,3-4,9-10H2,1-2H3. The van der Waals surface area contributed by atoms with Crippen LogP contribution in [0.15, 0.2) is 34.2 Å². The number of thioether (sulfide) groups is 1. The van der Waals surface area contributed by atoms with Gasteiger partial charge in [0.05, 0.1) is 10.9 Å². The molecule has 0 unspecified atom stereocenters. The maximum Gasteiger partial charge on any atom is 0.262 e. The summed E-state index contributed by atoms with van der Waals surface area (Å²) in [5, 5.41) is 1.56. The first-order chi connectivity index (χ1) is 8.77. The van der Waals surface area contributed by atoms with E-state index < -0.39 is 0 Å². The summed E-state index contributed by atoms with van der Waals surface area (Å²) in [7, 11) is 0. The van der Waals surface area contributed by atoms with E-state index in [2.05, 4.69) is 18.8 Å². The number of para-hydroxylation sites is 1. The smallest absolute Gasteiger partial charge is 0.262 e. The van der Waals surface area contributed by atoms with E-state index in [1.807, 2.05) is 28.8 Å². The average molecular weight is 262 g/mol. The average Bonchev–Trinajstić information content (AvgIpc) is 2.40. The normalized spacial score (nSPS) is 11.0. The van der Waals surface area contributed by atoms with E-state index in [-0.39, 0.29) is 5.56 Å². The van der Waals surface area contributed by atoms with Crippen LogP contribution in [-0.4, -0.2) is 15.3 Å². The Morgan fingerprint density at radius 3 is 2.72 bits per heavy atom. The second-order valence-corrected chi connectivity index (χ2v) is 5.28. The molecule has 0 atom stereocenters. The lowest BCUT2D eigenvalue weighted by atomic mass is 10.2. The number of nitrogens with zero attached hydrogens (tertiary/aromatic N) is 2. The fourth-order valence-electron chi connectivity index (χ4n) is 1.87. The molecule has 2 rings (SSSR count). The van der Waals surface area contributed by atoms with E-state index >= 15 is 0 Å². The molecule has 0 radical (unpaired) electrons. The predicted molar refractivity (Wildman–Crippen MR) is 77.3 cm³/mol. The Hall–Kier alpha value is -1.29. The summed E-state index contributed by atoms with van der Waals surface area (Å²) in [5.41, 5.74) is 0.884. The maximum absolute atomic E-state index is 12.4. The fourth-order valence-corrected chi connectivity index (χ4v) is 2.75. The number of benzene rings is 1. The molecule has 2 aromatic rings. The van der Waals surface area contributed by atoms with Gasteiger partial charge in [-0.1, -0.05) is 37.7 Å².